The Morgan fingerprint density at radius 3 is 2.71 bits per heavy atom. The monoisotopic (exact) mass is 238 g/mol. The van der Waals surface area contributed by atoms with Crippen LogP contribution in [0.2, 0.25) is 0 Å². The Bertz CT molecular complexity index is 393. The maximum atomic E-state index is 10.6. The molecule has 0 aliphatic heterocycles. The number of hydrogen-bond acceptors (Lipinski definition) is 4. The van der Waals surface area contributed by atoms with Gasteiger partial charge in [0.05, 0.1) is 4.92 Å². The van der Waals surface area contributed by atoms with Gasteiger partial charge in [0.15, 0.2) is 0 Å². The number of likely N-dealkylation sites (N-methyl/N-ethyl adjacent to an activating group) is 1. The summed E-state index contributed by atoms with van der Waals surface area (Å²) < 4.78 is 5.58. The van der Waals surface area contributed by atoms with Gasteiger partial charge in [0.25, 0.3) is 5.69 Å². The maximum Gasteiger partial charge on any atom is 0.269 e. The maximum absolute atomic E-state index is 10.6. The zero-order valence-electron chi connectivity index (χ0n) is 10.5. The highest BCUT2D eigenvalue weighted by Crippen LogP contribution is 2.22. The van der Waals surface area contributed by atoms with E-state index in [0.717, 1.165) is 18.7 Å². The van der Waals surface area contributed by atoms with Crippen molar-refractivity contribution in [3.8, 4) is 5.75 Å². The number of non-ortho nitro benzene ring substituents is 1. The van der Waals surface area contributed by atoms with Crippen molar-refractivity contribution in [1.82, 2.24) is 4.90 Å². The molecular formula is C12H18N2O3. The summed E-state index contributed by atoms with van der Waals surface area (Å²) in [5.74, 6) is 0.708. The number of nitrogens with zero attached hydrogens (tertiary/aromatic N) is 2. The van der Waals surface area contributed by atoms with Crippen molar-refractivity contribution in [2.45, 2.75) is 13.8 Å². The minimum absolute atomic E-state index is 0.0977. The Morgan fingerprint density at radius 2 is 2.18 bits per heavy atom. The third-order valence-corrected chi connectivity index (χ3v) is 2.64. The average Bonchev–Trinajstić information content (AvgIpc) is 2.30. The number of rotatable bonds is 6. The van der Waals surface area contributed by atoms with Crippen LogP contribution in [0.4, 0.5) is 5.69 Å². The minimum atomic E-state index is -0.401. The van der Waals surface area contributed by atoms with Gasteiger partial charge in [-0.25, -0.2) is 0 Å². The topological polar surface area (TPSA) is 55.6 Å². The van der Waals surface area contributed by atoms with E-state index < -0.39 is 4.92 Å². The van der Waals surface area contributed by atoms with Crippen LogP contribution in [-0.2, 0) is 0 Å². The lowest BCUT2D eigenvalue weighted by Crippen LogP contribution is -2.23. The van der Waals surface area contributed by atoms with E-state index in [2.05, 4.69) is 11.8 Å². The van der Waals surface area contributed by atoms with Gasteiger partial charge in [0.2, 0.25) is 0 Å². The molecule has 1 aromatic carbocycles. The van der Waals surface area contributed by atoms with Crippen molar-refractivity contribution in [2.24, 2.45) is 0 Å². The van der Waals surface area contributed by atoms with Gasteiger partial charge in [-0.15, -0.1) is 0 Å². The van der Waals surface area contributed by atoms with Crippen LogP contribution >= 0.6 is 0 Å². The van der Waals surface area contributed by atoms with Crippen molar-refractivity contribution >= 4 is 5.69 Å². The molecule has 1 rings (SSSR count). The predicted molar refractivity (Wildman–Crippen MR) is 66.5 cm³/mol. The van der Waals surface area contributed by atoms with Gasteiger partial charge >= 0.3 is 0 Å². The molecule has 1 aromatic rings. The number of nitro benzene ring substituents is 1. The summed E-state index contributed by atoms with van der Waals surface area (Å²) in [6, 6.07) is 4.64. The fraction of sp³-hybridized carbons (Fsp3) is 0.500. The van der Waals surface area contributed by atoms with Crippen molar-refractivity contribution in [3.63, 3.8) is 0 Å². The molecule has 0 fully saturated rings. The molecule has 17 heavy (non-hydrogen) atoms. The number of hydrogen-bond donors (Lipinski definition) is 0. The molecule has 0 saturated carbocycles. The molecule has 0 N–H and O–H groups in total. The lowest BCUT2D eigenvalue weighted by molar-refractivity contribution is -0.384. The van der Waals surface area contributed by atoms with Gasteiger partial charge in [-0.2, -0.15) is 0 Å². The molecule has 0 bridgehead atoms. The Labute approximate surface area is 101 Å². The van der Waals surface area contributed by atoms with Crippen molar-refractivity contribution in [3.05, 3.63) is 33.9 Å². The number of ether oxygens (including phenoxy) is 1. The predicted octanol–water partition coefficient (Wildman–Crippen LogP) is 2.23. The van der Waals surface area contributed by atoms with E-state index in [1.165, 1.54) is 12.1 Å². The molecule has 0 heterocycles. The second-order valence-corrected chi connectivity index (χ2v) is 3.95. The van der Waals surface area contributed by atoms with Crippen LogP contribution in [0.1, 0.15) is 12.5 Å². The Morgan fingerprint density at radius 1 is 1.47 bits per heavy atom. The minimum Gasteiger partial charge on any atom is -0.492 e. The lowest BCUT2D eigenvalue weighted by atomic mass is 10.2. The largest absolute Gasteiger partial charge is 0.492 e. The van der Waals surface area contributed by atoms with Gasteiger partial charge in [-0.3, -0.25) is 10.1 Å². The fourth-order valence-electron chi connectivity index (χ4n) is 1.38. The summed E-state index contributed by atoms with van der Waals surface area (Å²) in [6.07, 6.45) is 0. The molecule has 0 radical (unpaired) electrons. The molecule has 94 valence electrons. The van der Waals surface area contributed by atoms with Crippen LogP contribution < -0.4 is 4.74 Å². The third-order valence-electron chi connectivity index (χ3n) is 2.64. The first kappa shape index (κ1) is 13.4. The van der Waals surface area contributed by atoms with Crippen molar-refractivity contribution in [2.75, 3.05) is 26.7 Å². The summed E-state index contributed by atoms with van der Waals surface area (Å²) in [7, 11) is 2.02. The summed E-state index contributed by atoms with van der Waals surface area (Å²) >= 11 is 0. The van der Waals surface area contributed by atoms with Crippen LogP contribution in [0.15, 0.2) is 18.2 Å². The Kier molecular flexibility index (Phi) is 4.90. The van der Waals surface area contributed by atoms with E-state index in [-0.39, 0.29) is 5.69 Å². The van der Waals surface area contributed by atoms with Crippen LogP contribution in [0, 0.1) is 17.0 Å². The highest BCUT2D eigenvalue weighted by molar-refractivity contribution is 5.42. The van der Waals surface area contributed by atoms with Crippen molar-refractivity contribution < 1.29 is 9.66 Å². The zero-order chi connectivity index (χ0) is 12.8. The first-order valence-electron chi connectivity index (χ1n) is 5.61. The van der Waals surface area contributed by atoms with Gasteiger partial charge in [0, 0.05) is 18.7 Å². The molecule has 5 heteroatoms. The molecule has 0 unspecified atom stereocenters. The van der Waals surface area contributed by atoms with Crippen LogP contribution in [0.5, 0.6) is 5.75 Å². The first-order chi connectivity index (χ1) is 8.04. The van der Waals surface area contributed by atoms with E-state index in [9.17, 15) is 10.1 Å². The molecule has 0 saturated heterocycles. The van der Waals surface area contributed by atoms with Gasteiger partial charge in [-0.05, 0) is 32.1 Å². The van der Waals surface area contributed by atoms with E-state index >= 15 is 0 Å². The molecule has 0 aliphatic carbocycles. The Hall–Kier alpha value is -1.62. The van der Waals surface area contributed by atoms with Crippen LogP contribution in [0.3, 0.4) is 0 Å². The SMILES string of the molecule is CCN(C)CCOc1ccc([N+](=O)[O-])cc1C. The number of nitro groups is 1. The van der Waals surface area contributed by atoms with E-state index in [1.54, 1.807) is 6.07 Å². The highest BCUT2D eigenvalue weighted by Gasteiger charge is 2.08. The summed E-state index contributed by atoms with van der Waals surface area (Å²) in [4.78, 5) is 12.3. The molecule has 0 spiro atoms. The van der Waals surface area contributed by atoms with Gasteiger partial charge in [0.1, 0.15) is 12.4 Å². The molecule has 0 aliphatic rings. The summed E-state index contributed by atoms with van der Waals surface area (Å²) in [5.41, 5.74) is 0.888. The zero-order valence-corrected chi connectivity index (χ0v) is 10.5. The molecule has 0 aromatic heterocycles. The normalized spacial score (nSPS) is 10.6. The second kappa shape index (κ2) is 6.20. The summed E-state index contributed by atoms with van der Waals surface area (Å²) in [6.45, 7) is 6.29. The fourth-order valence-corrected chi connectivity index (χ4v) is 1.38. The average molecular weight is 238 g/mol. The Balaban J connectivity index is 2.57. The third kappa shape index (κ3) is 4.03. The highest BCUT2D eigenvalue weighted by atomic mass is 16.6. The number of aryl methyl sites for hydroxylation is 1. The molecule has 5 nitrogen and oxygen atoms in total. The summed E-state index contributed by atoms with van der Waals surface area (Å²) in [5, 5.41) is 10.6. The molecular weight excluding hydrogens is 220 g/mol. The lowest BCUT2D eigenvalue weighted by Gasteiger charge is -2.15. The molecule has 0 atom stereocenters. The van der Waals surface area contributed by atoms with Gasteiger partial charge < -0.3 is 9.64 Å². The van der Waals surface area contributed by atoms with E-state index in [4.69, 9.17) is 4.74 Å². The van der Waals surface area contributed by atoms with Crippen LogP contribution in [0.25, 0.3) is 0 Å². The first-order valence-corrected chi connectivity index (χ1v) is 5.61. The smallest absolute Gasteiger partial charge is 0.269 e. The van der Waals surface area contributed by atoms with Crippen LogP contribution in [-0.4, -0.2) is 36.6 Å². The van der Waals surface area contributed by atoms with E-state index in [1.807, 2.05) is 14.0 Å². The number of benzene rings is 1. The van der Waals surface area contributed by atoms with Crippen molar-refractivity contribution in [1.29, 1.82) is 0 Å². The second-order valence-electron chi connectivity index (χ2n) is 3.95. The quantitative estimate of drug-likeness (QED) is 0.563. The molecule has 0 amide bonds. The van der Waals surface area contributed by atoms with E-state index in [0.29, 0.717) is 12.4 Å². The van der Waals surface area contributed by atoms with Gasteiger partial charge in [-0.1, -0.05) is 6.92 Å². The standard InChI is InChI=1S/C12H18N2O3/c1-4-13(3)7-8-17-12-6-5-11(14(15)16)9-10(12)2/h5-6,9H,4,7-8H2,1-3H3.